The molecule has 8 heteroatoms. The van der Waals surface area contributed by atoms with E-state index >= 15 is 0 Å². The van der Waals surface area contributed by atoms with Crippen molar-refractivity contribution in [3.8, 4) is 0 Å². The summed E-state index contributed by atoms with van der Waals surface area (Å²) < 4.78 is 5.01. The maximum atomic E-state index is 11.6. The third kappa shape index (κ3) is 12.8. The molecule has 0 aliphatic rings. The Morgan fingerprint density at radius 3 is 2.33 bits per heavy atom. The molecule has 8 nitrogen and oxygen atoms in total. The van der Waals surface area contributed by atoms with Crippen LogP contribution >= 0.6 is 0 Å². The van der Waals surface area contributed by atoms with Crippen LogP contribution in [0.25, 0.3) is 0 Å². The first-order valence-electron chi connectivity index (χ1n) is 6.89. The Hall–Kier alpha value is -1.99. The van der Waals surface area contributed by atoms with Gasteiger partial charge in [-0.15, -0.1) is 0 Å². The van der Waals surface area contributed by atoms with E-state index in [9.17, 15) is 14.4 Å². The molecule has 0 saturated heterocycles. The SMILES string of the molecule is CC(CCCNC(N)=O)NC(=O)CNC(=O)OC(C)(C)C. The van der Waals surface area contributed by atoms with Gasteiger partial charge in [0.1, 0.15) is 12.1 Å². The molecule has 0 saturated carbocycles. The largest absolute Gasteiger partial charge is 0.444 e. The summed E-state index contributed by atoms with van der Waals surface area (Å²) >= 11 is 0. The van der Waals surface area contributed by atoms with Crippen LogP contribution in [0, 0.1) is 0 Å². The third-order valence-corrected chi connectivity index (χ3v) is 2.31. The van der Waals surface area contributed by atoms with Crippen LogP contribution in [0.2, 0.25) is 0 Å². The first-order valence-corrected chi connectivity index (χ1v) is 6.89. The van der Waals surface area contributed by atoms with Crippen LogP contribution in [0.4, 0.5) is 9.59 Å². The van der Waals surface area contributed by atoms with Gasteiger partial charge in [0.15, 0.2) is 0 Å². The summed E-state index contributed by atoms with van der Waals surface area (Å²) in [6.07, 6.45) is 0.762. The fourth-order valence-corrected chi connectivity index (χ4v) is 1.48. The Kier molecular flexibility index (Phi) is 8.18. The molecule has 21 heavy (non-hydrogen) atoms. The fraction of sp³-hybridized carbons (Fsp3) is 0.769. The second-order valence-electron chi connectivity index (χ2n) is 5.76. The monoisotopic (exact) mass is 302 g/mol. The number of urea groups is 1. The Morgan fingerprint density at radius 2 is 1.81 bits per heavy atom. The van der Waals surface area contributed by atoms with E-state index < -0.39 is 17.7 Å². The number of hydrogen-bond acceptors (Lipinski definition) is 4. The van der Waals surface area contributed by atoms with Crippen molar-refractivity contribution in [2.24, 2.45) is 5.73 Å². The molecule has 0 aliphatic heterocycles. The van der Waals surface area contributed by atoms with E-state index in [4.69, 9.17) is 10.5 Å². The maximum absolute atomic E-state index is 11.6. The van der Waals surface area contributed by atoms with Crippen molar-refractivity contribution in [1.82, 2.24) is 16.0 Å². The minimum absolute atomic E-state index is 0.0624. The Balaban J connectivity index is 3.78. The van der Waals surface area contributed by atoms with Crippen LogP contribution < -0.4 is 21.7 Å². The van der Waals surface area contributed by atoms with Crippen molar-refractivity contribution in [1.29, 1.82) is 0 Å². The highest BCUT2D eigenvalue weighted by Crippen LogP contribution is 2.06. The van der Waals surface area contributed by atoms with Crippen molar-refractivity contribution in [2.75, 3.05) is 13.1 Å². The number of carbonyl (C=O) groups is 3. The zero-order valence-electron chi connectivity index (χ0n) is 13.1. The number of primary amides is 1. The number of amides is 4. The predicted molar refractivity (Wildman–Crippen MR) is 78.7 cm³/mol. The summed E-state index contributed by atoms with van der Waals surface area (Å²) in [6, 6.07) is -0.624. The van der Waals surface area contributed by atoms with E-state index in [2.05, 4.69) is 16.0 Å². The molecule has 0 aromatic carbocycles. The number of hydrogen-bond donors (Lipinski definition) is 4. The molecule has 5 N–H and O–H groups in total. The molecule has 0 spiro atoms. The van der Waals surface area contributed by atoms with Crippen LogP contribution in [0.5, 0.6) is 0 Å². The van der Waals surface area contributed by atoms with Gasteiger partial charge >= 0.3 is 12.1 Å². The van der Waals surface area contributed by atoms with Crippen molar-refractivity contribution in [3.05, 3.63) is 0 Å². The lowest BCUT2D eigenvalue weighted by Gasteiger charge is -2.20. The van der Waals surface area contributed by atoms with E-state index in [0.29, 0.717) is 19.4 Å². The standard InChI is InChI=1S/C13H26N4O4/c1-9(6-5-7-15-11(14)19)17-10(18)8-16-12(20)21-13(2,3)4/h9H,5-8H2,1-4H3,(H,16,20)(H,17,18)(H3,14,15,19). The van der Waals surface area contributed by atoms with Gasteiger partial charge in [-0.05, 0) is 40.5 Å². The lowest BCUT2D eigenvalue weighted by atomic mass is 10.2. The van der Waals surface area contributed by atoms with Crippen molar-refractivity contribution >= 4 is 18.0 Å². The van der Waals surface area contributed by atoms with Crippen LogP contribution in [0.15, 0.2) is 0 Å². The lowest BCUT2D eigenvalue weighted by Crippen LogP contribution is -2.42. The smallest absolute Gasteiger partial charge is 0.408 e. The molecule has 0 bridgehead atoms. The number of carbonyl (C=O) groups excluding carboxylic acids is 3. The van der Waals surface area contributed by atoms with Gasteiger partial charge in [0.05, 0.1) is 0 Å². The highest BCUT2D eigenvalue weighted by atomic mass is 16.6. The second kappa shape index (κ2) is 9.04. The summed E-state index contributed by atoms with van der Waals surface area (Å²) in [6.45, 7) is 7.40. The highest BCUT2D eigenvalue weighted by molar-refractivity contribution is 5.82. The van der Waals surface area contributed by atoms with Crippen LogP contribution in [0.1, 0.15) is 40.5 Å². The average Bonchev–Trinajstić information content (AvgIpc) is 2.30. The maximum Gasteiger partial charge on any atom is 0.408 e. The molecule has 122 valence electrons. The molecule has 4 amide bonds. The minimum Gasteiger partial charge on any atom is -0.444 e. The van der Waals surface area contributed by atoms with Crippen molar-refractivity contribution in [2.45, 2.75) is 52.2 Å². The first kappa shape index (κ1) is 19.0. The van der Waals surface area contributed by atoms with Gasteiger partial charge < -0.3 is 26.4 Å². The number of nitrogens with one attached hydrogen (secondary N) is 3. The highest BCUT2D eigenvalue weighted by Gasteiger charge is 2.16. The van der Waals surface area contributed by atoms with Gasteiger partial charge in [0, 0.05) is 12.6 Å². The van der Waals surface area contributed by atoms with Gasteiger partial charge in [0.2, 0.25) is 5.91 Å². The Morgan fingerprint density at radius 1 is 1.19 bits per heavy atom. The molecule has 0 radical (unpaired) electrons. The number of nitrogens with two attached hydrogens (primary N) is 1. The molecule has 1 unspecified atom stereocenters. The molecule has 0 aromatic heterocycles. The third-order valence-electron chi connectivity index (χ3n) is 2.31. The van der Waals surface area contributed by atoms with Crippen molar-refractivity contribution < 1.29 is 19.1 Å². The van der Waals surface area contributed by atoms with Gasteiger partial charge in [-0.2, -0.15) is 0 Å². The van der Waals surface area contributed by atoms with Crippen LogP contribution in [-0.4, -0.2) is 42.8 Å². The number of rotatable bonds is 7. The molecular weight excluding hydrogens is 276 g/mol. The minimum atomic E-state index is -0.629. The fourth-order valence-electron chi connectivity index (χ4n) is 1.48. The molecule has 0 heterocycles. The number of ether oxygens (including phenoxy) is 1. The molecule has 0 rings (SSSR count). The van der Waals surface area contributed by atoms with Gasteiger partial charge in [-0.25, -0.2) is 9.59 Å². The molecule has 0 aromatic rings. The first-order chi connectivity index (χ1) is 9.60. The zero-order chi connectivity index (χ0) is 16.5. The molecule has 0 aliphatic carbocycles. The van der Waals surface area contributed by atoms with E-state index in [1.54, 1.807) is 20.8 Å². The van der Waals surface area contributed by atoms with Crippen molar-refractivity contribution in [3.63, 3.8) is 0 Å². The summed E-state index contributed by atoms with van der Waals surface area (Å²) in [5.74, 6) is -0.295. The predicted octanol–water partition coefficient (Wildman–Crippen LogP) is 0.464. The summed E-state index contributed by atoms with van der Waals surface area (Å²) in [5.41, 5.74) is 4.33. The van der Waals surface area contributed by atoms with Gasteiger partial charge in [-0.3, -0.25) is 4.79 Å². The topological polar surface area (TPSA) is 123 Å². The van der Waals surface area contributed by atoms with E-state index in [1.807, 2.05) is 6.92 Å². The van der Waals surface area contributed by atoms with E-state index in [-0.39, 0.29) is 18.5 Å². The molecule has 1 atom stereocenters. The Bertz CT molecular complexity index is 366. The van der Waals surface area contributed by atoms with Crippen LogP contribution in [-0.2, 0) is 9.53 Å². The van der Waals surface area contributed by atoms with Gasteiger partial charge in [0.25, 0.3) is 0 Å². The zero-order valence-corrected chi connectivity index (χ0v) is 13.1. The molecular formula is C13H26N4O4. The average molecular weight is 302 g/mol. The second-order valence-corrected chi connectivity index (χ2v) is 5.76. The van der Waals surface area contributed by atoms with Gasteiger partial charge in [-0.1, -0.05) is 0 Å². The van der Waals surface area contributed by atoms with E-state index in [1.165, 1.54) is 0 Å². The summed E-state index contributed by atoms with van der Waals surface area (Å²) in [7, 11) is 0. The van der Waals surface area contributed by atoms with E-state index in [0.717, 1.165) is 0 Å². The lowest BCUT2D eigenvalue weighted by molar-refractivity contribution is -0.120. The van der Waals surface area contributed by atoms with Crippen LogP contribution in [0.3, 0.4) is 0 Å². The Labute approximate surface area is 125 Å². The summed E-state index contributed by atoms with van der Waals surface area (Å²) in [4.78, 5) is 33.4. The number of alkyl carbamates (subject to hydrolysis) is 1. The quantitative estimate of drug-likeness (QED) is 0.510. The normalized spacial score (nSPS) is 12.2. The molecule has 0 fully saturated rings. The summed E-state index contributed by atoms with van der Waals surface area (Å²) in [5, 5.41) is 7.58.